The quantitative estimate of drug-likeness (QED) is 0.900. The zero-order valence-electron chi connectivity index (χ0n) is 11.3. The van der Waals surface area contributed by atoms with E-state index in [9.17, 15) is 0 Å². The van der Waals surface area contributed by atoms with Gasteiger partial charge in [-0.1, -0.05) is 35.8 Å². The number of benzene rings is 1. The van der Waals surface area contributed by atoms with Crippen LogP contribution in [0, 0.1) is 12.8 Å². The van der Waals surface area contributed by atoms with E-state index in [1.807, 2.05) is 7.05 Å². The normalized spacial score (nSPS) is 11.2. The molecule has 1 heterocycles. The van der Waals surface area contributed by atoms with E-state index >= 15 is 0 Å². The Labute approximate surface area is 117 Å². The molecule has 0 aliphatic heterocycles. The number of nitrogens with one attached hydrogen (secondary N) is 1. The van der Waals surface area contributed by atoms with Crippen LogP contribution in [0.15, 0.2) is 22.7 Å². The SMILES string of the molecule is CNc1cc(CC(C)C)nc2c(C)ccc(Br)c12. The van der Waals surface area contributed by atoms with E-state index in [1.54, 1.807) is 0 Å². The van der Waals surface area contributed by atoms with Gasteiger partial charge in [-0.2, -0.15) is 0 Å². The maximum Gasteiger partial charge on any atom is 0.0766 e. The third-order valence-corrected chi connectivity index (χ3v) is 3.71. The van der Waals surface area contributed by atoms with Crippen molar-refractivity contribution in [2.75, 3.05) is 12.4 Å². The Morgan fingerprint density at radius 2 is 2.06 bits per heavy atom. The molecule has 0 spiro atoms. The van der Waals surface area contributed by atoms with E-state index in [4.69, 9.17) is 4.98 Å². The lowest BCUT2D eigenvalue weighted by molar-refractivity contribution is 0.637. The lowest BCUT2D eigenvalue weighted by Crippen LogP contribution is -2.01. The predicted molar refractivity (Wildman–Crippen MR) is 82.3 cm³/mol. The van der Waals surface area contributed by atoms with Crippen LogP contribution in [-0.2, 0) is 6.42 Å². The molecule has 0 aliphatic carbocycles. The highest BCUT2D eigenvalue weighted by atomic mass is 79.9. The zero-order valence-corrected chi connectivity index (χ0v) is 12.9. The van der Waals surface area contributed by atoms with Gasteiger partial charge in [0.1, 0.15) is 0 Å². The van der Waals surface area contributed by atoms with Crippen LogP contribution in [0.4, 0.5) is 5.69 Å². The van der Waals surface area contributed by atoms with Gasteiger partial charge in [0.05, 0.1) is 5.52 Å². The van der Waals surface area contributed by atoms with Crippen molar-refractivity contribution in [2.45, 2.75) is 27.2 Å². The topological polar surface area (TPSA) is 24.9 Å². The summed E-state index contributed by atoms with van der Waals surface area (Å²) in [6, 6.07) is 6.35. The second kappa shape index (κ2) is 5.27. The molecule has 1 aromatic heterocycles. The molecular weight excluding hydrogens is 288 g/mol. The molecule has 1 N–H and O–H groups in total. The third kappa shape index (κ3) is 2.51. The monoisotopic (exact) mass is 306 g/mol. The molecule has 0 radical (unpaired) electrons. The molecule has 0 saturated carbocycles. The van der Waals surface area contributed by atoms with Crippen molar-refractivity contribution in [2.24, 2.45) is 5.92 Å². The molecule has 2 nitrogen and oxygen atoms in total. The predicted octanol–water partition coefficient (Wildman–Crippen LogP) is 4.55. The van der Waals surface area contributed by atoms with Crippen molar-refractivity contribution in [1.82, 2.24) is 4.98 Å². The first-order valence-corrected chi connectivity index (χ1v) is 7.08. The number of fused-ring (bicyclic) bond motifs is 1. The van der Waals surface area contributed by atoms with Gasteiger partial charge in [0.2, 0.25) is 0 Å². The summed E-state index contributed by atoms with van der Waals surface area (Å²) in [5.41, 5.74) is 4.61. The molecule has 0 amide bonds. The summed E-state index contributed by atoms with van der Waals surface area (Å²) in [5.74, 6) is 0.618. The summed E-state index contributed by atoms with van der Waals surface area (Å²) in [6.07, 6.45) is 1.01. The van der Waals surface area contributed by atoms with E-state index in [0.29, 0.717) is 5.92 Å². The largest absolute Gasteiger partial charge is 0.387 e. The summed E-state index contributed by atoms with van der Waals surface area (Å²) in [7, 11) is 1.96. The Morgan fingerprint density at radius 1 is 1.33 bits per heavy atom. The van der Waals surface area contributed by atoms with Gasteiger partial charge in [-0.15, -0.1) is 0 Å². The van der Waals surface area contributed by atoms with Gasteiger partial charge in [0.25, 0.3) is 0 Å². The van der Waals surface area contributed by atoms with E-state index in [2.05, 4.69) is 60.2 Å². The Hall–Kier alpha value is -1.09. The number of anilines is 1. The van der Waals surface area contributed by atoms with E-state index in [-0.39, 0.29) is 0 Å². The average molecular weight is 307 g/mol. The highest BCUT2D eigenvalue weighted by molar-refractivity contribution is 9.10. The van der Waals surface area contributed by atoms with Gasteiger partial charge in [-0.3, -0.25) is 4.98 Å². The highest BCUT2D eigenvalue weighted by Crippen LogP contribution is 2.32. The van der Waals surface area contributed by atoms with Crippen LogP contribution in [0.2, 0.25) is 0 Å². The number of nitrogens with zero attached hydrogens (tertiary/aromatic N) is 1. The molecule has 18 heavy (non-hydrogen) atoms. The minimum absolute atomic E-state index is 0.618. The van der Waals surface area contributed by atoms with Crippen LogP contribution in [0.3, 0.4) is 0 Å². The average Bonchev–Trinajstić information content (AvgIpc) is 2.32. The minimum Gasteiger partial charge on any atom is -0.387 e. The number of hydrogen-bond donors (Lipinski definition) is 1. The Kier molecular flexibility index (Phi) is 3.91. The summed E-state index contributed by atoms with van der Waals surface area (Å²) in [5, 5.41) is 4.45. The van der Waals surface area contributed by atoms with E-state index in [1.165, 1.54) is 10.9 Å². The number of aryl methyl sites for hydroxylation is 1. The molecule has 0 unspecified atom stereocenters. The molecule has 3 heteroatoms. The first-order chi connectivity index (χ1) is 8.52. The molecular formula is C15H19BrN2. The number of hydrogen-bond acceptors (Lipinski definition) is 2. The fraction of sp³-hybridized carbons (Fsp3) is 0.400. The summed E-state index contributed by atoms with van der Waals surface area (Å²) < 4.78 is 1.09. The van der Waals surface area contributed by atoms with E-state index in [0.717, 1.165) is 27.8 Å². The Balaban J connectivity index is 2.71. The van der Waals surface area contributed by atoms with Gasteiger partial charge >= 0.3 is 0 Å². The van der Waals surface area contributed by atoms with E-state index < -0.39 is 0 Å². The number of halogens is 1. The fourth-order valence-electron chi connectivity index (χ4n) is 2.21. The second-order valence-electron chi connectivity index (χ2n) is 5.10. The van der Waals surface area contributed by atoms with Gasteiger partial charge < -0.3 is 5.32 Å². The fourth-order valence-corrected chi connectivity index (χ4v) is 2.74. The van der Waals surface area contributed by atoms with Gasteiger partial charge in [0.15, 0.2) is 0 Å². The Morgan fingerprint density at radius 3 is 2.67 bits per heavy atom. The van der Waals surface area contributed by atoms with Gasteiger partial charge in [-0.25, -0.2) is 0 Å². The summed E-state index contributed by atoms with van der Waals surface area (Å²) in [4.78, 5) is 4.81. The second-order valence-corrected chi connectivity index (χ2v) is 5.95. The first kappa shape index (κ1) is 13.3. The maximum atomic E-state index is 4.81. The standard InChI is InChI=1S/C15H19BrN2/c1-9(2)7-11-8-13(17-4)14-12(16)6-5-10(3)15(14)18-11/h5-6,8-9H,7H2,1-4H3,(H,17,18). The molecule has 0 fully saturated rings. The van der Waals surface area contributed by atoms with Crippen molar-refractivity contribution in [3.05, 3.63) is 33.9 Å². The number of pyridine rings is 1. The van der Waals surface area contributed by atoms with Crippen LogP contribution in [0.1, 0.15) is 25.1 Å². The van der Waals surface area contributed by atoms with Crippen LogP contribution in [-0.4, -0.2) is 12.0 Å². The molecule has 2 aromatic rings. The smallest absolute Gasteiger partial charge is 0.0766 e. The lowest BCUT2D eigenvalue weighted by atomic mass is 10.0. The van der Waals surface area contributed by atoms with Crippen LogP contribution >= 0.6 is 15.9 Å². The minimum atomic E-state index is 0.618. The molecule has 0 saturated heterocycles. The first-order valence-electron chi connectivity index (χ1n) is 6.29. The maximum absolute atomic E-state index is 4.81. The van der Waals surface area contributed by atoms with Crippen molar-refractivity contribution in [3.8, 4) is 0 Å². The van der Waals surface area contributed by atoms with Gasteiger partial charge in [0, 0.05) is 28.3 Å². The Bertz CT molecular complexity index is 576. The summed E-state index contributed by atoms with van der Waals surface area (Å²) >= 11 is 3.62. The molecule has 2 rings (SSSR count). The van der Waals surface area contributed by atoms with Crippen molar-refractivity contribution in [1.29, 1.82) is 0 Å². The zero-order chi connectivity index (χ0) is 13.3. The van der Waals surface area contributed by atoms with Crippen molar-refractivity contribution < 1.29 is 0 Å². The van der Waals surface area contributed by atoms with Crippen molar-refractivity contribution >= 4 is 32.5 Å². The lowest BCUT2D eigenvalue weighted by Gasteiger charge is -2.13. The highest BCUT2D eigenvalue weighted by Gasteiger charge is 2.11. The number of aromatic nitrogens is 1. The number of rotatable bonds is 3. The third-order valence-electron chi connectivity index (χ3n) is 3.05. The van der Waals surface area contributed by atoms with Crippen LogP contribution in [0.5, 0.6) is 0 Å². The molecule has 0 bridgehead atoms. The summed E-state index contributed by atoms with van der Waals surface area (Å²) in [6.45, 7) is 6.55. The molecule has 1 aromatic carbocycles. The van der Waals surface area contributed by atoms with Crippen LogP contribution in [0.25, 0.3) is 10.9 Å². The van der Waals surface area contributed by atoms with Gasteiger partial charge in [-0.05, 0) is 37.0 Å². The molecule has 0 aliphatic rings. The molecule has 0 atom stereocenters. The van der Waals surface area contributed by atoms with Crippen LogP contribution < -0.4 is 5.32 Å². The van der Waals surface area contributed by atoms with Crippen molar-refractivity contribution in [3.63, 3.8) is 0 Å². The molecule has 96 valence electrons.